The minimum absolute atomic E-state index is 1.00. The van der Waals surface area contributed by atoms with E-state index in [4.69, 9.17) is 14.2 Å². The van der Waals surface area contributed by atoms with Gasteiger partial charge < -0.3 is 14.2 Å². The van der Waals surface area contributed by atoms with Crippen LogP contribution in [-0.2, 0) is 14.2 Å². The third kappa shape index (κ3) is 14.7. The monoisotopic (exact) mass is 336 g/mol. The summed E-state index contributed by atoms with van der Waals surface area (Å²) in [4.78, 5) is 0. The molecule has 1 aromatic carbocycles. The maximum absolute atomic E-state index is 5.07. The van der Waals surface area contributed by atoms with Crippen LogP contribution in [0.2, 0.25) is 0 Å². The molecule has 0 bridgehead atoms. The number of benzene rings is 1. The van der Waals surface area contributed by atoms with Gasteiger partial charge in [-0.25, -0.2) is 0 Å². The van der Waals surface area contributed by atoms with Gasteiger partial charge in [0.25, 0.3) is 0 Å². The second-order valence-electron chi connectivity index (χ2n) is 6.32. The summed E-state index contributed by atoms with van der Waals surface area (Å²) in [6.45, 7) is 8.08. The molecule has 0 aromatic heterocycles. The molecule has 0 N–H and O–H groups in total. The molecule has 3 heterocycles. The molecule has 0 atom stereocenters. The van der Waals surface area contributed by atoms with Gasteiger partial charge in [-0.15, -0.1) is 0 Å². The van der Waals surface area contributed by atoms with Gasteiger partial charge in [0.1, 0.15) is 0 Å². The van der Waals surface area contributed by atoms with Crippen molar-refractivity contribution in [3.8, 4) is 0 Å². The van der Waals surface area contributed by atoms with Crippen LogP contribution in [0.15, 0.2) is 30.3 Å². The summed E-state index contributed by atoms with van der Waals surface area (Å²) in [6.07, 6.45) is 10.4. The van der Waals surface area contributed by atoms with Gasteiger partial charge in [0.2, 0.25) is 0 Å². The fraction of sp³-hybridized carbons (Fsp3) is 0.714. The maximum atomic E-state index is 5.07. The minimum atomic E-state index is 1.00. The number of hydrogen-bond donors (Lipinski definition) is 0. The van der Waals surface area contributed by atoms with Gasteiger partial charge in [-0.1, -0.05) is 35.9 Å². The van der Waals surface area contributed by atoms with Crippen molar-refractivity contribution >= 4 is 0 Å². The van der Waals surface area contributed by atoms with E-state index in [9.17, 15) is 0 Å². The van der Waals surface area contributed by atoms with Crippen LogP contribution in [0.25, 0.3) is 0 Å². The van der Waals surface area contributed by atoms with Crippen LogP contribution >= 0.6 is 0 Å². The predicted octanol–water partition coefficient (Wildman–Crippen LogP) is 5.17. The van der Waals surface area contributed by atoms with Gasteiger partial charge in [-0.3, -0.25) is 0 Å². The van der Waals surface area contributed by atoms with Crippen molar-refractivity contribution in [1.29, 1.82) is 0 Å². The molecule has 24 heavy (non-hydrogen) atoms. The van der Waals surface area contributed by atoms with Crippen LogP contribution in [0.4, 0.5) is 0 Å². The van der Waals surface area contributed by atoms with Gasteiger partial charge in [0.05, 0.1) is 0 Å². The summed E-state index contributed by atoms with van der Waals surface area (Å²) in [5.74, 6) is 0. The molecule has 0 saturated carbocycles. The Kier molecular flexibility index (Phi) is 14.9. The van der Waals surface area contributed by atoms with E-state index in [0.717, 1.165) is 39.6 Å². The van der Waals surface area contributed by atoms with Crippen LogP contribution in [0.1, 0.15) is 56.9 Å². The molecule has 0 unspecified atom stereocenters. The smallest absolute Gasteiger partial charge is 0.0466 e. The molecule has 3 aliphatic rings. The van der Waals surface area contributed by atoms with Crippen LogP contribution in [0.3, 0.4) is 0 Å². The molecule has 3 nitrogen and oxygen atoms in total. The highest BCUT2D eigenvalue weighted by Gasteiger charge is 1.96. The minimum Gasteiger partial charge on any atom is -0.381 e. The first kappa shape index (κ1) is 21.1. The predicted molar refractivity (Wildman–Crippen MR) is 101 cm³/mol. The number of rotatable bonds is 0. The van der Waals surface area contributed by atoms with Gasteiger partial charge in [0, 0.05) is 39.6 Å². The summed E-state index contributed by atoms with van der Waals surface area (Å²) in [5, 5.41) is 0. The zero-order chi connectivity index (χ0) is 17.1. The Morgan fingerprint density at radius 3 is 1.00 bits per heavy atom. The highest BCUT2D eigenvalue weighted by Crippen LogP contribution is 2.02. The Balaban J connectivity index is 0.000000161. The van der Waals surface area contributed by atoms with Crippen molar-refractivity contribution < 1.29 is 14.2 Å². The molecule has 0 radical (unpaired) electrons. The molecule has 4 rings (SSSR count). The van der Waals surface area contributed by atoms with Crippen molar-refractivity contribution in [1.82, 2.24) is 0 Å². The highest BCUT2D eigenvalue weighted by atomic mass is 16.5. The molecule has 0 amide bonds. The van der Waals surface area contributed by atoms with E-state index in [-0.39, 0.29) is 0 Å². The van der Waals surface area contributed by atoms with Gasteiger partial charge in [0.15, 0.2) is 0 Å². The van der Waals surface area contributed by atoms with E-state index in [1.54, 1.807) is 0 Å². The van der Waals surface area contributed by atoms with Crippen LogP contribution in [-0.4, -0.2) is 39.6 Å². The van der Waals surface area contributed by atoms with Crippen LogP contribution < -0.4 is 0 Å². The maximum Gasteiger partial charge on any atom is 0.0466 e. The Morgan fingerprint density at radius 2 is 0.833 bits per heavy atom. The summed E-state index contributed by atoms with van der Waals surface area (Å²) in [5.41, 5.74) is 1.32. The second-order valence-corrected chi connectivity index (χ2v) is 6.32. The molecule has 3 fully saturated rings. The van der Waals surface area contributed by atoms with Crippen molar-refractivity contribution in [3.63, 3.8) is 0 Å². The lowest BCUT2D eigenvalue weighted by Crippen LogP contribution is -2.03. The van der Waals surface area contributed by atoms with Crippen LogP contribution in [0, 0.1) is 6.92 Å². The fourth-order valence-corrected chi connectivity index (χ4v) is 2.42. The molecule has 3 aliphatic heterocycles. The molecular formula is C21H36O3. The van der Waals surface area contributed by atoms with Crippen molar-refractivity contribution in [2.75, 3.05) is 39.6 Å². The van der Waals surface area contributed by atoms with Crippen molar-refractivity contribution in [2.45, 2.75) is 58.3 Å². The first-order chi connectivity index (χ1) is 11.9. The second kappa shape index (κ2) is 16.9. The fourth-order valence-electron chi connectivity index (χ4n) is 2.42. The van der Waals surface area contributed by atoms with E-state index in [1.807, 2.05) is 18.2 Å². The van der Waals surface area contributed by atoms with Crippen LogP contribution in [0.5, 0.6) is 0 Å². The number of aryl methyl sites for hydroxylation is 1. The normalized spacial score (nSPS) is 19.5. The zero-order valence-corrected chi connectivity index (χ0v) is 15.5. The molecule has 3 saturated heterocycles. The van der Waals surface area contributed by atoms with Gasteiger partial charge in [-0.05, 0) is 58.3 Å². The van der Waals surface area contributed by atoms with Crippen molar-refractivity contribution in [3.05, 3.63) is 35.9 Å². The zero-order valence-electron chi connectivity index (χ0n) is 15.5. The van der Waals surface area contributed by atoms with Crippen molar-refractivity contribution in [2.24, 2.45) is 0 Å². The summed E-state index contributed by atoms with van der Waals surface area (Å²) in [7, 11) is 0. The lowest BCUT2D eigenvalue weighted by atomic mass is 10.2. The molecule has 3 heteroatoms. The Hall–Kier alpha value is -0.900. The standard InChI is InChI=1S/C7H8.2C5H10O.C4H8O/c1-7-5-3-2-4-6-7;2*1-2-4-6-5-3-1;1-2-4-5-3-1/h2-6H,1H3;2*1-5H2;1-4H2. The summed E-state index contributed by atoms with van der Waals surface area (Å²) >= 11 is 0. The first-order valence-corrected chi connectivity index (χ1v) is 9.64. The quantitative estimate of drug-likeness (QED) is 0.654. The van der Waals surface area contributed by atoms with E-state index in [1.165, 1.54) is 56.9 Å². The highest BCUT2D eigenvalue weighted by molar-refractivity contribution is 5.11. The van der Waals surface area contributed by atoms with E-state index in [2.05, 4.69) is 19.1 Å². The Morgan fingerprint density at radius 1 is 0.500 bits per heavy atom. The molecular weight excluding hydrogens is 300 g/mol. The third-order valence-corrected chi connectivity index (χ3v) is 3.92. The average Bonchev–Trinajstić information content (AvgIpc) is 3.26. The Labute approximate surface area is 148 Å². The lowest BCUT2D eigenvalue weighted by molar-refractivity contribution is 0.0967. The van der Waals surface area contributed by atoms with Gasteiger partial charge >= 0.3 is 0 Å². The number of ether oxygens (including phenoxy) is 3. The SMILES string of the molecule is C1CCOC1.C1CCOCC1.C1CCOCC1.Cc1ccccc1. The molecule has 0 spiro atoms. The molecule has 1 aromatic rings. The molecule has 138 valence electrons. The number of hydrogen-bond acceptors (Lipinski definition) is 3. The molecule has 0 aliphatic carbocycles. The Bertz CT molecular complexity index is 299. The van der Waals surface area contributed by atoms with E-state index in [0.29, 0.717) is 0 Å². The first-order valence-electron chi connectivity index (χ1n) is 9.64. The van der Waals surface area contributed by atoms with E-state index >= 15 is 0 Å². The summed E-state index contributed by atoms with van der Waals surface area (Å²) < 4.78 is 15.1. The summed E-state index contributed by atoms with van der Waals surface area (Å²) in [6, 6.07) is 10.3. The lowest BCUT2D eigenvalue weighted by Gasteiger charge is -2.08. The third-order valence-electron chi connectivity index (χ3n) is 3.92. The topological polar surface area (TPSA) is 27.7 Å². The average molecular weight is 337 g/mol. The van der Waals surface area contributed by atoms with Gasteiger partial charge in [-0.2, -0.15) is 0 Å². The largest absolute Gasteiger partial charge is 0.381 e. The van der Waals surface area contributed by atoms with E-state index < -0.39 is 0 Å².